The van der Waals surface area contributed by atoms with E-state index in [9.17, 15) is 4.79 Å². The molecule has 5 nitrogen and oxygen atoms in total. The summed E-state index contributed by atoms with van der Waals surface area (Å²) >= 11 is 0. The maximum absolute atomic E-state index is 12.3. The monoisotopic (exact) mass is 280 g/mol. The first kappa shape index (κ1) is 16.7. The number of hydrogen-bond acceptors (Lipinski definition) is 3. The molecule has 1 heterocycles. The summed E-state index contributed by atoms with van der Waals surface area (Å²) in [5.41, 5.74) is -0.00215. The molecule has 1 rings (SSSR count). The lowest BCUT2D eigenvalue weighted by molar-refractivity contribution is -0.126. The Morgan fingerprint density at radius 3 is 2.60 bits per heavy atom. The molecule has 0 saturated carbocycles. The largest absolute Gasteiger partial charge is 0.351 e. The summed E-state index contributed by atoms with van der Waals surface area (Å²) in [7, 11) is 0. The molecule has 20 heavy (non-hydrogen) atoms. The molecule has 1 aromatic heterocycles. The maximum atomic E-state index is 12.3. The number of imidazole rings is 1. The van der Waals surface area contributed by atoms with Gasteiger partial charge in [0.2, 0.25) is 5.91 Å². The molecule has 0 aliphatic rings. The van der Waals surface area contributed by atoms with Crippen molar-refractivity contribution >= 4 is 5.91 Å². The van der Waals surface area contributed by atoms with Crippen LogP contribution in [-0.2, 0) is 11.3 Å². The van der Waals surface area contributed by atoms with Crippen molar-refractivity contribution in [2.24, 2.45) is 11.3 Å². The van der Waals surface area contributed by atoms with Crippen molar-refractivity contribution < 1.29 is 4.79 Å². The second-order valence-corrected chi connectivity index (χ2v) is 6.40. The van der Waals surface area contributed by atoms with Gasteiger partial charge in [-0.3, -0.25) is 4.79 Å². The molecule has 2 atom stereocenters. The molecule has 1 amide bonds. The van der Waals surface area contributed by atoms with E-state index in [0.717, 1.165) is 13.1 Å². The summed E-state index contributed by atoms with van der Waals surface area (Å²) in [6, 6.07) is 0.0771. The minimum atomic E-state index is -0.0254. The van der Waals surface area contributed by atoms with Crippen LogP contribution in [-0.4, -0.2) is 34.6 Å². The first-order valence-electron chi connectivity index (χ1n) is 7.31. The molecular weight excluding hydrogens is 252 g/mol. The fourth-order valence-electron chi connectivity index (χ4n) is 1.91. The fraction of sp³-hybridized carbons (Fsp3) is 0.733. The van der Waals surface area contributed by atoms with Gasteiger partial charge in [-0.25, -0.2) is 4.98 Å². The van der Waals surface area contributed by atoms with Gasteiger partial charge in [0.1, 0.15) is 0 Å². The molecule has 0 aromatic carbocycles. The Hall–Kier alpha value is -1.36. The zero-order valence-electron chi connectivity index (χ0n) is 13.3. The van der Waals surface area contributed by atoms with Crippen LogP contribution >= 0.6 is 0 Å². The van der Waals surface area contributed by atoms with Gasteiger partial charge in [-0.05, 0) is 12.0 Å². The minimum absolute atomic E-state index is 0.00215. The number of rotatable bonds is 7. The van der Waals surface area contributed by atoms with Gasteiger partial charge in [0, 0.05) is 31.4 Å². The van der Waals surface area contributed by atoms with E-state index in [-0.39, 0.29) is 23.3 Å². The molecule has 114 valence electrons. The second-order valence-electron chi connectivity index (χ2n) is 6.40. The molecule has 0 aliphatic carbocycles. The Labute approximate surface area is 122 Å². The first-order chi connectivity index (χ1) is 9.34. The average Bonchev–Trinajstić information content (AvgIpc) is 2.86. The van der Waals surface area contributed by atoms with E-state index in [4.69, 9.17) is 0 Å². The van der Waals surface area contributed by atoms with Crippen molar-refractivity contribution in [2.45, 2.75) is 47.2 Å². The zero-order chi connectivity index (χ0) is 15.2. The normalized spacial score (nSPS) is 14.8. The molecule has 2 N–H and O–H groups in total. The molecule has 1 aromatic rings. The van der Waals surface area contributed by atoms with Crippen LogP contribution in [0.1, 0.15) is 34.6 Å². The van der Waals surface area contributed by atoms with Gasteiger partial charge in [-0.2, -0.15) is 0 Å². The number of nitrogens with zero attached hydrogens (tertiary/aromatic N) is 2. The van der Waals surface area contributed by atoms with Gasteiger partial charge >= 0.3 is 0 Å². The molecule has 5 heteroatoms. The fourth-order valence-corrected chi connectivity index (χ4v) is 1.91. The average molecular weight is 280 g/mol. The summed E-state index contributed by atoms with van der Waals surface area (Å²) in [5.74, 6) is 0.0774. The third-order valence-electron chi connectivity index (χ3n) is 3.46. The molecule has 0 saturated heterocycles. The third kappa shape index (κ3) is 5.33. The molecule has 0 bridgehead atoms. The van der Waals surface area contributed by atoms with Crippen molar-refractivity contribution in [3.05, 3.63) is 18.7 Å². The Balaban J connectivity index is 2.63. The predicted octanol–water partition coefficient (Wildman–Crippen LogP) is 1.66. The van der Waals surface area contributed by atoms with E-state index in [1.807, 2.05) is 24.6 Å². The van der Waals surface area contributed by atoms with Crippen LogP contribution in [0.5, 0.6) is 0 Å². The Kier molecular flexibility index (Phi) is 6.20. The number of aromatic nitrogens is 2. The van der Waals surface area contributed by atoms with Crippen LogP contribution in [0.25, 0.3) is 0 Å². The highest BCUT2D eigenvalue weighted by Crippen LogP contribution is 2.21. The minimum Gasteiger partial charge on any atom is -0.351 e. The summed E-state index contributed by atoms with van der Waals surface area (Å²) in [6.07, 6.45) is 5.47. The van der Waals surface area contributed by atoms with Crippen LogP contribution in [0.3, 0.4) is 0 Å². The van der Waals surface area contributed by atoms with E-state index >= 15 is 0 Å². The molecule has 0 fully saturated rings. The maximum Gasteiger partial charge on any atom is 0.224 e. The summed E-state index contributed by atoms with van der Waals surface area (Å²) in [5, 5.41) is 6.39. The molecular formula is C15H28N4O. The van der Waals surface area contributed by atoms with Gasteiger partial charge in [0.05, 0.1) is 12.4 Å². The quantitative estimate of drug-likeness (QED) is 0.798. The number of hydrogen-bond donors (Lipinski definition) is 2. The highest BCUT2D eigenvalue weighted by atomic mass is 16.2. The number of amides is 1. The highest BCUT2D eigenvalue weighted by Gasteiger charge is 2.27. The van der Waals surface area contributed by atoms with Crippen LogP contribution in [0.4, 0.5) is 0 Å². The van der Waals surface area contributed by atoms with Gasteiger partial charge in [-0.15, -0.1) is 0 Å². The number of carbonyl (C=O) groups excluding carboxylic acids is 1. The van der Waals surface area contributed by atoms with Crippen LogP contribution < -0.4 is 10.6 Å². The lowest BCUT2D eigenvalue weighted by Crippen LogP contribution is -2.49. The van der Waals surface area contributed by atoms with Crippen molar-refractivity contribution in [3.8, 4) is 0 Å². The van der Waals surface area contributed by atoms with Gasteiger partial charge in [0.15, 0.2) is 0 Å². The van der Waals surface area contributed by atoms with E-state index < -0.39 is 0 Å². The summed E-state index contributed by atoms with van der Waals surface area (Å²) in [6.45, 7) is 12.8. The Morgan fingerprint density at radius 1 is 1.40 bits per heavy atom. The van der Waals surface area contributed by atoms with Crippen molar-refractivity contribution in [2.75, 3.05) is 13.1 Å². The third-order valence-corrected chi connectivity index (χ3v) is 3.46. The molecule has 0 radical (unpaired) electrons. The van der Waals surface area contributed by atoms with Gasteiger partial charge in [-0.1, -0.05) is 34.6 Å². The summed E-state index contributed by atoms with van der Waals surface area (Å²) in [4.78, 5) is 16.3. The van der Waals surface area contributed by atoms with Crippen LogP contribution in [0.15, 0.2) is 18.7 Å². The van der Waals surface area contributed by atoms with Crippen molar-refractivity contribution in [1.82, 2.24) is 20.2 Å². The Bertz CT molecular complexity index is 395. The van der Waals surface area contributed by atoms with Crippen LogP contribution in [0, 0.1) is 11.3 Å². The number of nitrogens with one attached hydrogen (secondary N) is 2. The van der Waals surface area contributed by atoms with E-state index in [0.29, 0.717) is 6.54 Å². The topological polar surface area (TPSA) is 59.0 Å². The van der Waals surface area contributed by atoms with Crippen molar-refractivity contribution in [3.63, 3.8) is 0 Å². The second kappa shape index (κ2) is 7.43. The lowest BCUT2D eigenvalue weighted by Gasteiger charge is -2.32. The summed E-state index contributed by atoms with van der Waals surface area (Å²) < 4.78 is 2.01. The lowest BCUT2D eigenvalue weighted by atomic mass is 9.86. The Morgan fingerprint density at radius 2 is 2.10 bits per heavy atom. The van der Waals surface area contributed by atoms with E-state index in [2.05, 4.69) is 36.4 Å². The SMILES string of the molecule is CCNCC(C)C(=O)NC(Cn1ccnc1)C(C)(C)C. The van der Waals surface area contributed by atoms with E-state index in [1.165, 1.54) is 0 Å². The highest BCUT2D eigenvalue weighted by molar-refractivity contribution is 5.78. The molecule has 0 spiro atoms. The first-order valence-corrected chi connectivity index (χ1v) is 7.31. The van der Waals surface area contributed by atoms with Gasteiger partial charge in [0.25, 0.3) is 0 Å². The zero-order valence-corrected chi connectivity index (χ0v) is 13.3. The number of carbonyl (C=O) groups is 1. The van der Waals surface area contributed by atoms with Crippen LogP contribution in [0.2, 0.25) is 0 Å². The predicted molar refractivity (Wildman–Crippen MR) is 81.3 cm³/mol. The molecule has 0 aliphatic heterocycles. The molecule has 2 unspecified atom stereocenters. The standard InChI is InChI=1S/C15H28N4O/c1-6-16-9-12(2)14(20)18-13(15(3,4)5)10-19-8-7-17-11-19/h7-8,11-13,16H,6,9-10H2,1-5H3,(H,18,20). The van der Waals surface area contributed by atoms with Gasteiger partial charge < -0.3 is 15.2 Å². The smallest absolute Gasteiger partial charge is 0.224 e. The van der Waals surface area contributed by atoms with E-state index in [1.54, 1.807) is 12.5 Å². The van der Waals surface area contributed by atoms with Crippen molar-refractivity contribution in [1.29, 1.82) is 0 Å².